The maximum atomic E-state index is 13.0. The number of carbonyl (C=O) groups excluding carboxylic acids is 1. The van der Waals surface area contributed by atoms with Crippen molar-refractivity contribution in [3.05, 3.63) is 24.3 Å². The molecule has 1 aromatic rings. The molecule has 132 valence electrons. The molecular formula is C19H29N3O2. The molecule has 2 fully saturated rings. The Labute approximate surface area is 144 Å². The summed E-state index contributed by atoms with van der Waals surface area (Å²) in [6.45, 7) is 7.83. The SMILES string of the molecule is COc1ccc(NC(C)(C)C(=O)N2CC[C@]3(CCCNC3)C2)cc1. The van der Waals surface area contributed by atoms with Crippen LogP contribution in [0.5, 0.6) is 5.75 Å². The van der Waals surface area contributed by atoms with Crippen LogP contribution in [0.25, 0.3) is 0 Å². The van der Waals surface area contributed by atoms with Gasteiger partial charge in [-0.05, 0) is 63.9 Å². The summed E-state index contributed by atoms with van der Waals surface area (Å²) in [5, 5.41) is 6.88. The molecule has 1 aromatic carbocycles. The fourth-order valence-corrected chi connectivity index (χ4v) is 3.97. The number of likely N-dealkylation sites (tertiary alicyclic amines) is 1. The molecule has 3 rings (SSSR count). The molecule has 2 aliphatic heterocycles. The Bertz CT molecular complexity index is 577. The summed E-state index contributed by atoms with van der Waals surface area (Å²) in [4.78, 5) is 15.1. The number of piperidine rings is 1. The largest absolute Gasteiger partial charge is 0.497 e. The zero-order valence-electron chi connectivity index (χ0n) is 15.0. The van der Waals surface area contributed by atoms with E-state index in [1.54, 1.807) is 7.11 Å². The molecule has 1 atom stereocenters. The molecule has 24 heavy (non-hydrogen) atoms. The van der Waals surface area contributed by atoms with Crippen LogP contribution in [0, 0.1) is 5.41 Å². The molecule has 0 aromatic heterocycles. The van der Waals surface area contributed by atoms with E-state index in [2.05, 4.69) is 10.6 Å². The first-order valence-electron chi connectivity index (χ1n) is 8.87. The van der Waals surface area contributed by atoms with Gasteiger partial charge in [-0.15, -0.1) is 0 Å². The van der Waals surface area contributed by atoms with Crippen molar-refractivity contribution in [3.8, 4) is 5.75 Å². The van der Waals surface area contributed by atoms with Crippen LogP contribution in [0.4, 0.5) is 5.69 Å². The Kier molecular flexibility index (Phi) is 4.72. The van der Waals surface area contributed by atoms with E-state index in [4.69, 9.17) is 4.74 Å². The summed E-state index contributed by atoms with van der Waals surface area (Å²) in [6.07, 6.45) is 3.57. The van der Waals surface area contributed by atoms with Crippen molar-refractivity contribution in [1.29, 1.82) is 0 Å². The summed E-state index contributed by atoms with van der Waals surface area (Å²) in [6, 6.07) is 7.71. The standard InChI is InChI=1S/C19H29N3O2/c1-18(2,21-15-5-7-16(24-3)8-6-15)17(23)22-12-10-19(14-22)9-4-11-20-13-19/h5-8,20-21H,4,9-14H2,1-3H3/t19-/m0/s1. The molecule has 2 saturated heterocycles. The van der Waals surface area contributed by atoms with Gasteiger partial charge in [0.15, 0.2) is 0 Å². The van der Waals surface area contributed by atoms with E-state index < -0.39 is 5.54 Å². The number of carbonyl (C=O) groups is 1. The minimum atomic E-state index is -0.623. The van der Waals surface area contributed by atoms with E-state index in [0.29, 0.717) is 5.41 Å². The number of nitrogens with zero attached hydrogens (tertiary/aromatic N) is 1. The van der Waals surface area contributed by atoms with Crippen LogP contribution in [-0.4, -0.2) is 49.6 Å². The van der Waals surface area contributed by atoms with Crippen LogP contribution in [0.2, 0.25) is 0 Å². The Morgan fingerprint density at radius 2 is 2.04 bits per heavy atom. The van der Waals surface area contributed by atoms with Crippen LogP contribution < -0.4 is 15.4 Å². The number of amides is 1. The Morgan fingerprint density at radius 3 is 2.67 bits per heavy atom. The summed E-state index contributed by atoms with van der Waals surface area (Å²) in [5.74, 6) is 0.997. The van der Waals surface area contributed by atoms with Gasteiger partial charge in [-0.1, -0.05) is 0 Å². The van der Waals surface area contributed by atoms with Crippen LogP contribution in [-0.2, 0) is 4.79 Å². The highest BCUT2D eigenvalue weighted by Crippen LogP contribution is 2.37. The number of nitrogens with one attached hydrogen (secondary N) is 2. The van der Waals surface area contributed by atoms with Gasteiger partial charge in [0.25, 0.3) is 0 Å². The monoisotopic (exact) mass is 331 g/mol. The lowest BCUT2D eigenvalue weighted by Crippen LogP contribution is -2.50. The fourth-order valence-electron chi connectivity index (χ4n) is 3.97. The number of anilines is 1. The van der Waals surface area contributed by atoms with E-state index >= 15 is 0 Å². The van der Waals surface area contributed by atoms with Crippen molar-refractivity contribution in [2.75, 3.05) is 38.6 Å². The van der Waals surface area contributed by atoms with Crippen LogP contribution >= 0.6 is 0 Å². The number of benzene rings is 1. The smallest absolute Gasteiger partial charge is 0.247 e. The van der Waals surface area contributed by atoms with Gasteiger partial charge in [0.1, 0.15) is 11.3 Å². The van der Waals surface area contributed by atoms with E-state index in [1.807, 2.05) is 43.0 Å². The predicted molar refractivity (Wildman–Crippen MR) is 96.4 cm³/mol. The minimum absolute atomic E-state index is 0.181. The Balaban J connectivity index is 1.64. The van der Waals surface area contributed by atoms with Gasteiger partial charge in [-0.2, -0.15) is 0 Å². The third kappa shape index (κ3) is 3.51. The summed E-state index contributed by atoms with van der Waals surface area (Å²) in [7, 11) is 1.65. The number of ether oxygens (including phenoxy) is 1. The second kappa shape index (κ2) is 6.63. The first kappa shape index (κ1) is 17.1. The lowest BCUT2D eigenvalue weighted by molar-refractivity contribution is -0.134. The molecule has 0 bridgehead atoms. The third-order valence-electron chi connectivity index (χ3n) is 5.37. The number of hydrogen-bond donors (Lipinski definition) is 2. The molecule has 2 heterocycles. The van der Waals surface area contributed by atoms with Gasteiger partial charge in [0, 0.05) is 30.7 Å². The lowest BCUT2D eigenvalue weighted by Gasteiger charge is -2.35. The van der Waals surface area contributed by atoms with Gasteiger partial charge in [0.2, 0.25) is 5.91 Å². The molecule has 0 unspecified atom stereocenters. The molecule has 2 aliphatic rings. The maximum Gasteiger partial charge on any atom is 0.247 e. The average Bonchev–Trinajstić information content (AvgIpc) is 2.98. The van der Waals surface area contributed by atoms with Gasteiger partial charge < -0.3 is 20.3 Å². The number of hydrogen-bond acceptors (Lipinski definition) is 4. The highest BCUT2D eigenvalue weighted by atomic mass is 16.5. The van der Waals surface area contributed by atoms with Gasteiger partial charge in [-0.25, -0.2) is 0 Å². The number of methoxy groups -OCH3 is 1. The van der Waals surface area contributed by atoms with Crippen molar-refractivity contribution in [3.63, 3.8) is 0 Å². The average molecular weight is 331 g/mol. The minimum Gasteiger partial charge on any atom is -0.497 e. The first-order valence-corrected chi connectivity index (χ1v) is 8.87. The first-order chi connectivity index (χ1) is 11.4. The molecule has 5 nitrogen and oxygen atoms in total. The van der Waals surface area contributed by atoms with Crippen molar-refractivity contribution in [2.24, 2.45) is 5.41 Å². The molecule has 5 heteroatoms. The highest BCUT2D eigenvalue weighted by molar-refractivity contribution is 5.88. The topological polar surface area (TPSA) is 53.6 Å². The summed E-state index contributed by atoms with van der Waals surface area (Å²) < 4.78 is 5.18. The molecule has 0 aliphatic carbocycles. The van der Waals surface area contributed by atoms with Crippen LogP contribution in [0.3, 0.4) is 0 Å². The molecule has 1 spiro atoms. The van der Waals surface area contributed by atoms with Crippen molar-refractivity contribution in [2.45, 2.75) is 38.6 Å². The molecule has 0 radical (unpaired) electrons. The van der Waals surface area contributed by atoms with Gasteiger partial charge >= 0.3 is 0 Å². The highest BCUT2D eigenvalue weighted by Gasteiger charge is 2.43. The van der Waals surface area contributed by atoms with E-state index in [9.17, 15) is 4.79 Å². The van der Waals surface area contributed by atoms with E-state index in [-0.39, 0.29) is 5.91 Å². The second-order valence-corrected chi connectivity index (χ2v) is 7.74. The molecular weight excluding hydrogens is 302 g/mol. The zero-order valence-corrected chi connectivity index (χ0v) is 15.0. The Hall–Kier alpha value is -1.75. The van der Waals surface area contributed by atoms with E-state index in [1.165, 1.54) is 12.8 Å². The van der Waals surface area contributed by atoms with Crippen LogP contribution in [0.1, 0.15) is 33.1 Å². The zero-order chi connectivity index (χ0) is 17.2. The number of rotatable bonds is 4. The van der Waals surface area contributed by atoms with Crippen LogP contribution in [0.15, 0.2) is 24.3 Å². The van der Waals surface area contributed by atoms with E-state index in [0.717, 1.165) is 44.0 Å². The normalized spacial score (nSPS) is 24.2. The van der Waals surface area contributed by atoms with Gasteiger partial charge in [-0.3, -0.25) is 4.79 Å². The third-order valence-corrected chi connectivity index (χ3v) is 5.37. The summed E-state index contributed by atoms with van der Waals surface area (Å²) >= 11 is 0. The van der Waals surface area contributed by atoms with Gasteiger partial charge in [0.05, 0.1) is 7.11 Å². The fraction of sp³-hybridized carbons (Fsp3) is 0.632. The second-order valence-electron chi connectivity index (χ2n) is 7.74. The van der Waals surface area contributed by atoms with Crippen molar-refractivity contribution >= 4 is 11.6 Å². The Morgan fingerprint density at radius 1 is 1.29 bits per heavy atom. The molecule has 1 amide bonds. The van der Waals surface area contributed by atoms with Crippen molar-refractivity contribution in [1.82, 2.24) is 10.2 Å². The molecule has 2 N–H and O–H groups in total. The maximum absolute atomic E-state index is 13.0. The predicted octanol–water partition coefficient (Wildman–Crippen LogP) is 2.49. The lowest BCUT2D eigenvalue weighted by atomic mass is 9.80. The molecule has 0 saturated carbocycles. The summed E-state index contributed by atoms with van der Waals surface area (Å²) in [5.41, 5.74) is 0.606. The van der Waals surface area contributed by atoms with Crippen molar-refractivity contribution < 1.29 is 9.53 Å². The quantitative estimate of drug-likeness (QED) is 0.890.